The fourth-order valence-electron chi connectivity index (χ4n) is 2.64. The molecule has 0 saturated carbocycles. The molecule has 0 amide bonds. The molecule has 3 N–H and O–H groups in total. The van der Waals surface area contributed by atoms with Crippen LogP contribution in [0.25, 0.3) is 0 Å². The highest BCUT2D eigenvalue weighted by atomic mass is 79.9. The number of rotatable bonds is 4. The average Bonchev–Trinajstić information content (AvgIpc) is 2.41. The summed E-state index contributed by atoms with van der Waals surface area (Å²) in [6.07, 6.45) is 0.938. The molecule has 0 bridgehead atoms. The molecule has 5 heteroatoms. The Bertz CT molecular complexity index is 496. The normalized spacial score (nSPS) is 17.9. The van der Waals surface area contributed by atoms with E-state index in [1.54, 1.807) is 0 Å². The van der Waals surface area contributed by atoms with Gasteiger partial charge in [-0.05, 0) is 47.0 Å². The molecule has 1 atom stereocenters. The van der Waals surface area contributed by atoms with Gasteiger partial charge in [-0.25, -0.2) is 0 Å². The monoisotopic (exact) mass is 401 g/mol. The largest absolute Gasteiger partial charge is 0.398 e. The smallest absolute Gasteiger partial charge is 0.0507 e. The molecule has 20 heavy (non-hydrogen) atoms. The summed E-state index contributed by atoms with van der Waals surface area (Å²) in [7, 11) is 0. The van der Waals surface area contributed by atoms with Gasteiger partial charge in [0.15, 0.2) is 0 Å². The maximum Gasteiger partial charge on any atom is 0.0507 e. The van der Waals surface area contributed by atoms with Crippen molar-refractivity contribution in [3.05, 3.63) is 38.8 Å². The lowest BCUT2D eigenvalue weighted by Crippen LogP contribution is -2.45. The number of hydrogen-bond donors (Lipinski definition) is 2. The highest BCUT2D eigenvalue weighted by molar-refractivity contribution is 9.11. The van der Waals surface area contributed by atoms with E-state index in [0.29, 0.717) is 6.04 Å². The van der Waals surface area contributed by atoms with Crippen LogP contribution < -0.4 is 11.1 Å². The van der Waals surface area contributed by atoms with Gasteiger partial charge in [-0.15, -0.1) is 6.58 Å². The number of anilines is 1. The van der Waals surface area contributed by atoms with Crippen molar-refractivity contribution >= 4 is 37.5 Å². The van der Waals surface area contributed by atoms with Crippen molar-refractivity contribution < 1.29 is 0 Å². The van der Waals surface area contributed by atoms with Crippen LogP contribution in [-0.2, 0) is 0 Å². The van der Waals surface area contributed by atoms with Crippen LogP contribution in [0.15, 0.2) is 33.2 Å². The molecular formula is C15H21Br2N3. The fraction of sp³-hybridized carbons (Fsp3) is 0.467. The van der Waals surface area contributed by atoms with Gasteiger partial charge in [0, 0.05) is 41.2 Å². The summed E-state index contributed by atoms with van der Waals surface area (Å²) in [4.78, 5) is 2.50. The van der Waals surface area contributed by atoms with E-state index in [9.17, 15) is 0 Å². The molecule has 1 fully saturated rings. The Hall–Kier alpha value is -0.360. The van der Waals surface area contributed by atoms with E-state index in [-0.39, 0.29) is 0 Å². The number of nitrogens with zero attached hydrogens (tertiary/aromatic N) is 1. The molecule has 1 aliphatic rings. The van der Waals surface area contributed by atoms with Crippen LogP contribution >= 0.6 is 31.9 Å². The second-order valence-corrected chi connectivity index (χ2v) is 7.12. The topological polar surface area (TPSA) is 41.3 Å². The fourth-order valence-corrected chi connectivity index (χ4v) is 3.90. The van der Waals surface area contributed by atoms with E-state index in [4.69, 9.17) is 5.73 Å². The minimum absolute atomic E-state index is 0.295. The Morgan fingerprint density at radius 3 is 2.65 bits per heavy atom. The van der Waals surface area contributed by atoms with Crippen LogP contribution in [0.3, 0.4) is 0 Å². The maximum atomic E-state index is 6.30. The highest BCUT2D eigenvalue weighted by Gasteiger charge is 2.24. The van der Waals surface area contributed by atoms with E-state index in [2.05, 4.69) is 61.6 Å². The van der Waals surface area contributed by atoms with Crippen LogP contribution in [0.2, 0.25) is 0 Å². The van der Waals surface area contributed by atoms with Gasteiger partial charge in [-0.2, -0.15) is 0 Å². The number of benzene rings is 1. The molecular weight excluding hydrogens is 382 g/mol. The molecule has 3 nitrogen and oxygen atoms in total. The Morgan fingerprint density at radius 2 is 2.05 bits per heavy atom. The van der Waals surface area contributed by atoms with E-state index in [1.807, 2.05) is 6.07 Å². The second kappa shape index (κ2) is 7.07. The molecule has 0 radical (unpaired) electrons. The van der Waals surface area contributed by atoms with Gasteiger partial charge in [0.2, 0.25) is 0 Å². The molecule has 0 unspecified atom stereocenters. The summed E-state index contributed by atoms with van der Waals surface area (Å²) in [6, 6.07) is 4.42. The zero-order chi connectivity index (χ0) is 14.7. The average molecular weight is 403 g/mol. The lowest BCUT2D eigenvalue weighted by molar-refractivity contribution is 0.173. The van der Waals surface area contributed by atoms with Gasteiger partial charge in [-0.3, -0.25) is 4.90 Å². The zero-order valence-corrected chi connectivity index (χ0v) is 14.9. The predicted molar refractivity (Wildman–Crippen MR) is 92.9 cm³/mol. The first-order chi connectivity index (χ1) is 9.49. The Balaban J connectivity index is 2.37. The number of nitrogens with two attached hydrogens (primary N) is 1. The van der Waals surface area contributed by atoms with Gasteiger partial charge in [-0.1, -0.05) is 21.5 Å². The molecule has 1 saturated heterocycles. The van der Waals surface area contributed by atoms with E-state index < -0.39 is 0 Å². The van der Waals surface area contributed by atoms with Crippen LogP contribution in [0.1, 0.15) is 24.9 Å². The quantitative estimate of drug-likeness (QED) is 0.595. The van der Waals surface area contributed by atoms with Crippen molar-refractivity contribution in [2.24, 2.45) is 0 Å². The van der Waals surface area contributed by atoms with Gasteiger partial charge in [0.1, 0.15) is 0 Å². The van der Waals surface area contributed by atoms with Gasteiger partial charge in [0.05, 0.1) is 5.69 Å². The minimum atomic E-state index is 0.295. The first kappa shape index (κ1) is 16.0. The Kier molecular flexibility index (Phi) is 5.66. The number of hydrogen-bond acceptors (Lipinski definition) is 3. The SMILES string of the molecule is C=C(C)C[C@H](c1cc(Br)cc(Br)c1N)N1CCNCC1. The molecule has 1 heterocycles. The molecule has 2 rings (SSSR count). The van der Waals surface area contributed by atoms with Gasteiger partial charge >= 0.3 is 0 Å². The van der Waals surface area contributed by atoms with E-state index in [1.165, 1.54) is 11.1 Å². The molecule has 0 aliphatic carbocycles. The van der Waals surface area contributed by atoms with Crippen LogP contribution in [0.4, 0.5) is 5.69 Å². The minimum Gasteiger partial charge on any atom is -0.398 e. The number of halogens is 2. The third-order valence-electron chi connectivity index (χ3n) is 3.62. The summed E-state index contributed by atoms with van der Waals surface area (Å²) >= 11 is 7.11. The molecule has 0 spiro atoms. The molecule has 110 valence electrons. The van der Waals surface area contributed by atoms with E-state index >= 15 is 0 Å². The summed E-state index contributed by atoms with van der Waals surface area (Å²) in [5.74, 6) is 0. The standard InChI is InChI=1S/C15H21Br2N3/c1-10(2)7-14(20-5-3-19-4-6-20)12-8-11(16)9-13(17)15(12)18/h8-9,14,19H,1,3-7,18H2,2H3/t14-/m1/s1. The molecule has 1 aromatic carbocycles. The summed E-state index contributed by atoms with van der Waals surface area (Å²) < 4.78 is 2.00. The third-order valence-corrected chi connectivity index (χ3v) is 4.73. The van der Waals surface area contributed by atoms with Crippen molar-refractivity contribution in [1.29, 1.82) is 0 Å². The van der Waals surface area contributed by atoms with Crippen LogP contribution in [-0.4, -0.2) is 31.1 Å². The van der Waals surface area contributed by atoms with Gasteiger partial charge < -0.3 is 11.1 Å². The zero-order valence-electron chi connectivity index (χ0n) is 11.8. The van der Waals surface area contributed by atoms with Crippen molar-refractivity contribution in [2.45, 2.75) is 19.4 Å². The number of nitrogen functional groups attached to an aromatic ring is 1. The van der Waals surface area contributed by atoms with Gasteiger partial charge in [0.25, 0.3) is 0 Å². The van der Waals surface area contributed by atoms with Crippen molar-refractivity contribution in [2.75, 3.05) is 31.9 Å². The summed E-state index contributed by atoms with van der Waals surface area (Å²) in [5, 5.41) is 3.40. The van der Waals surface area contributed by atoms with Crippen LogP contribution in [0, 0.1) is 0 Å². The Labute approximate surface area is 137 Å². The maximum absolute atomic E-state index is 6.30. The predicted octanol–water partition coefficient (Wildman–Crippen LogP) is 3.71. The van der Waals surface area contributed by atoms with Crippen molar-refractivity contribution in [3.63, 3.8) is 0 Å². The number of nitrogens with one attached hydrogen (secondary N) is 1. The third kappa shape index (κ3) is 3.85. The first-order valence-electron chi connectivity index (χ1n) is 6.82. The van der Waals surface area contributed by atoms with Crippen LogP contribution in [0.5, 0.6) is 0 Å². The van der Waals surface area contributed by atoms with Crippen molar-refractivity contribution in [3.8, 4) is 0 Å². The molecule has 1 aliphatic heterocycles. The second-order valence-electron chi connectivity index (χ2n) is 5.35. The summed E-state index contributed by atoms with van der Waals surface area (Å²) in [5.41, 5.74) is 9.49. The van der Waals surface area contributed by atoms with E-state index in [0.717, 1.165) is 47.2 Å². The molecule has 0 aromatic heterocycles. The Morgan fingerprint density at radius 1 is 1.40 bits per heavy atom. The summed E-state index contributed by atoms with van der Waals surface area (Å²) in [6.45, 7) is 10.3. The first-order valence-corrected chi connectivity index (χ1v) is 8.41. The lowest BCUT2D eigenvalue weighted by Gasteiger charge is -2.36. The number of piperazine rings is 1. The molecule has 1 aromatic rings. The highest BCUT2D eigenvalue weighted by Crippen LogP contribution is 2.37. The lowest BCUT2D eigenvalue weighted by atomic mass is 9.96. The van der Waals surface area contributed by atoms with Crippen molar-refractivity contribution in [1.82, 2.24) is 10.2 Å².